The van der Waals surface area contributed by atoms with Gasteiger partial charge in [-0.05, 0) is 24.6 Å². The van der Waals surface area contributed by atoms with E-state index in [0.717, 1.165) is 0 Å². The lowest BCUT2D eigenvalue weighted by atomic mass is 10.2. The normalized spacial score (nSPS) is 10.3. The van der Waals surface area contributed by atoms with E-state index in [9.17, 15) is 19.7 Å². The summed E-state index contributed by atoms with van der Waals surface area (Å²) in [4.78, 5) is 33.8. The molecule has 0 aliphatic rings. The number of ether oxygens (including phenoxy) is 2. The van der Waals surface area contributed by atoms with E-state index >= 15 is 0 Å². The quantitative estimate of drug-likeness (QED) is 0.291. The summed E-state index contributed by atoms with van der Waals surface area (Å²) in [5, 5.41) is 13.8. The molecule has 2 rings (SSSR count). The first-order chi connectivity index (χ1) is 13.2. The molecular formula is C17H13Cl3N2O6. The maximum atomic E-state index is 11.9. The van der Waals surface area contributed by atoms with E-state index in [4.69, 9.17) is 44.3 Å². The van der Waals surface area contributed by atoms with E-state index in [-0.39, 0.29) is 26.5 Å². The van der Waals surface area contributed by atoms with Crippen molar-refractivity contribution < 1.29 is 24.0 Å². The zero-order valence-corrected chi connectivity index (χ0v) is 16.6. The maximum absolute atomic E-state index is 11.9. The zero-order valence-electron chi connectivity index (χ0n) is 14.3. The van der Waals surface area contributed by atoms with Crippen LogP contribution in [0.15, 0.2) is 30.3 Å². The first-order valence-corrected chi connectivity index (χ1v) is 8.78. The molecule has 2 aromatic carbocycles. The van der Waals surface area contributed by atoms with Crippen LogP contribution in [-0.4, -0.2) is 30.0 Å². The number of hydrogen-bond donors (Lipinski definition) is 1. The second-order valence-electron chi connectivity index (χ2n) is 5.45. The number of halogens is 3. The number of anilines is 1. The summed E-state index contributed by atoms with van der Waals surface area (Å²) >= 11 is 17.6. The highest BCUT2D eigenvalue weighted by molar-refractivity contribution is 6.43. The van der Waals surface area contributed by atoms with Crippen molar-refractivity contribution in [2.45, 2.75) is 6.92 Å². The number of nitrogens with one attached hydrogen (secondary N) is 1. The van der Waals surface area contributed by atoms with E-state index in [1.165, 1.54) is 30.3 Å². The van der Waals surface area contributed by atoms with E-state index in [2.05, 4.69) is 5.32 Å². The molecule has 0 bridgehead atoms. The molecule has 1 amide bonds. The lowest BCUT2D eigenvalue weighted by molar-refractivity contribution is -0.384. The highest BCUT2D eigenvalue weighted by atomic mass is 35.5. The molecule has 8 nitrogen and oxygen atoms in total. The third kappa shape index (κ3) is 5.98. The van der Waals surface area contributed by atoms with Gasteiger partial charge in [-0.2, -0.15) is 0 Å². The number of rotatable bonds is 7. The zero-order chi connectivity index (χ0) is 20.8. The number of amides is 1. The minimum absolute atomic E-state index is 0.0972. The highest BCUT2D eigenvalue weighted by Gasteiger charge is 2.14. The Kier molecular flexibility index (Phi) is 7.45. The molecule has 1 N–H and O–H groups in total. The van der Waals surface area contributed by atoms with Crippen LogP contribution in [0.4, 0.5) is 11.4 Å². The van der Waals surface area contributed by atoms with Crippen LogP contribution in [0.3, 0.4) is 0 Å². The van der Waals surface area contributed by atoms with Crippen LogP contribution in [0, 0.1) is 17.0 Å². The van der Waals surface area contributed by atoms with Gasteiger partial charge in [0, 0.05) is 23.9 Å². The second-order valence-corrected chi connectivity index (χ2v) is 6.67. The molecule has 0 fully saturated rings. The van der Waals surface area contributed by atoms with Crippen LogP contribution in [0.5, 0.6) is 5.75 Å². The van der Waals surface area contributed by atoms with Crippen molar-refractivity contribution >= 4 is 58.1 Å². The molecule has 0 unspecified atom stereocenters. The van der Waals surface area contributed by atoms with Gasteiger partial charge in [0.2, 0.25) is 0 Å². The van der Waals surface area contributed by atoms with Crippen molar-refractivity contribution in [1.82, 2.24) is 0 Å². The van der Waals surface area contributed by atoms with Crippen molar-refractivity contribution in [3.05, 3.63) is 61.1 Å². The van der Waals surface area contributed by atoms with Gasteiger partial charge in [0.1, 0.15) is 5.75 Å². The summed E-state index contributed by atoms with van der Waals surface area (Å²) in [5.41, 5.74) is 0.761. The number of non-ortho nitro benzene ring substituents is 1. The number of benzene rings is 2. The minimum Gasteiger partial charge on any atom is -0.480 e. The molecule has 0 atom stereocenters. The SMILES string of the molecule is Cc1cc([N+](=O)[O-])ccc1NC(=O)COC(=O)COc1cc(Cl)c(Cl)cc1Cl. The minimum atomic E-state index is -0.808. The van der Waals surface area contributed by atoms with Crippen LogP contribution in [-0.2, 0) is 14.3 Å². The monoisotopic (exact) mass is 446 g/mol. The van der Waals surface area contributed by atoms with Crippen LogP contribution in [0.2, 0.25) is 15.1 Å². The average molecular weight is 448 g/mol. The van der Waals surface area contributed by atoms with Crippen LogP contribution < -0.4 is 10.1 Å². The number of esters is 1. The Bertz CT molecular complexity index is 935. The average Bonchev–Trinajstić information content (AvgIpc) is 2.63. The van der Waals surface area contributed by atoms with E-state index in [1.54, 1.807) is 6.92 Å². The maximum Gasteiger partial charge on any atom is 0.344 e. The summed E-state index contributed by atoms with van der Waals surface area (Å²) in [5.74, 6) is -1.28. The summed E-state index contributed by atoms with van der Waals surface area (Å²) in [6.45, 7) is 0.540. The number of carbonyl (C=O) groups excluding carboxylic acids is 2. The Hall–Kier alpha value is -2.55. The predicted octanol–water partition coefficient (Wildman–Crippen LogP) is 4.42. The second kappa shape index (κ2) is 9.59. The lowest BCUT2D eigenvalue weighted by Gasteiger charge is -2.10. The number of hydrogen-bond acceptors (Lipinski definition) is 6. The molecule has 0 aliphatic heterocycles. The third-order valence-corrected chi connectivity index (χ3v) is 4.40. The summed E-state index contributed by atoms with van der Waals surface area (Å²) < 4.78 is 10.0. The van der Waals surface area contributed by atoms with E-state index < -0.39 is 30.0 Å². The molecule has 0 saturated heterocycles. The van der Waals surface area contributed by atoms with E-state index in [0.29, 0.717) is 11.3 Å². The van der Waals surface area contributed by atoms with Crippen LogP contribution in [0.1, 0.15) is 5.56 Å². The van der Waals surface area contributed by atoms with Gasteiger partial charge in [0.05, 0.1) is 20.0 Å². The fourth-order valence-electron chi connectivity index (χ4n) is 2.03. The van der Waals surface area contributed by atoms with Gasteiger partial charge < -0.3 is 14.8 Å². The van der Waals surface area contributed by atoms with Gasteiger partial charge in [-0.25, -0.2) is 4.79 Å². The van der Waals surface area contributed by atoms with Gasteiger partial charge >= 0.3 is 5.97 Å². The standard InChI is InChI=1S/C17H13Cl3N2O6/c1-9-4-10(22(25)26)2-3-14(9)21-16(23)7-28-17(24)8-27-15-6-12(19)11(18)5-13(15)20/h2-6H,7-8H2,1H3,(H,21,23). The third-order valence-electron chi connectivity index (χ3n) is 3.38. The Morgan fingerprint density at radius 1 is 1.07 bits per heavy atom. The van der Waals surface area contributed by atoms with Gasteiger partial charge in [0.25, 0.3) is 11.6 Å². The van der Waals surface area contributed by atoms with Crippen molar-refractivity contribution in [3.63, 3.8) is 0 Å². The molecule has 0 spiro atoms. The van der Waals surface area contributed by atoms with Crippen molar-refractivity contribution in [3.8, 4) is 5.75 Å². The molecule has 2 aromatic rings. The van der Waals surface area contributed by atoms with Crippen molar-refractivity contribution in [2.24, 2.45) is 0 Å². The Morgan fingerprint density at radius 2 is 1.75 bits per heavy atom. The topological polar surface area (TPSA) is 108 Å². The largest absolute Gasteiger partial charge is 0.480 e. The molecule has 148 valence electrons. The fraction of sp³-hybridized carbons (Fsp3) is 0.176. The smallest absolute Gasteiger partial charge is 0.344 e. The lowest BCUT2D eigenvalue weighted by Crippen LogP contribution is -2.24. The number of nitro benzene ring substituents is 1. The molecule has 11 heteroatoms. The molecule has 0 saturated carbocycles. The summed E-state index contributed by atoms with van der Waals surface area (Å²) in [6, 6.07) is 6.68. The molecule has 0 heterocycles. The van der Waals surface area contributed by atoms with Gasteiger partial charge in [-0.3, -0.25) is 14.9 Å². The van der Waals surface area contributed by atoms with E-state index in [1.807, 2.05) is 0 Å². The van der Waals surface area contributed by atoms with Crippen molar-refractivity contribution in [1.29, 1.82) is 0 Å². The molecule has 0 aromatic heterocycles. The fourth-order valence-corrected chi connectivity index (χ4v) is 2.62. The number of aryl methyl sites for hydroxylation is 1. The summed E-state index contributed by atoms with van der Waals surface area (Å²) in [7, 11) is 0. The summed E-state index contributed by atoms with van der Waals surface area (Å²) in [6.07, 6.45) is 0. The Balaban J connectivity index is 1.83. The number of nitro groups is 1. The Morgan fingerprint density at radius 3 is 2.39 bits per heavy atom. The predicted molar refractivity (Wildman–Crippen MR) is 104 cm³/mol. The number of carbonyl (C=O) groups is 2. The Labute approximate surface area is 174 Å². The number of nitrogens with zero attached hydrogens (tertiary/aromatic N) is 1. The first kappa shape index (κ1) is 21.7. The van der Waals surface area contributed by atoms with Crippen LogP contribution >= 0.6 is 34.8 Å². The van der Waals surface area contributed by atoms with Gasteiger partial charge in [-0.1, -0.05) is 34.8 Å². The molecule has 28 heavy (non-hydrogen) atoms. The van der Waals surface area contributed by atoms with Gasteiger partial charge in [0.15, 0.2) is 13.2 Å². The molecular weight excluding hydrogens is 435 g/mol. The van der Waals surface area contributed by atoms with Crippen molar-refractivity contribution in [2.75, 3.05) is 18.5 Å². The molecule has 0 aliphatic carbocycles. The first-order valence-electron chi connectivity index (χ1n) is 7.65. The van der Waals surface area contributed by atoms with Gasteiger partial charge in [-0.15, -0.1) is 0 Å². The highest BCUT2D eigenvalue weighted by Crippen LogP contribution is 2.33. The van der Waals surface area contributed by atoms with Crippen LogP contribution in [0.25, 0.3) is 0 Å². The molecule has 0 radical (unpaired) electrons.